The third kappa shape index (κ3) is 15.3. The molecule has 1 unspecified atom stereocenters. The molecular weight excluding hydrogens is 1190 g/mol. The third-order valence-electron chi connectivity index (χ3n) is 17.7. The number of primary amides is 1. The molecule has 0 radical (unpaired) electrons. The van der Waals surface area contributed by atoms with Gasteiger partial charge in [-0.25, -0.2) is 9.59 Å². The van der Waals surface area contributed by atoms with Gasteiger partial charge >= 0.3 is 12.1 Å². The Hall–Kier alpha value is -9.79. The molecule has 26 nitrogen and oxygen atoms in total. The van der Waals surface area contributed by atoms with Crippen LogP contribution in [0.15, 0.2) is 97.1 Å². The Morgan fingerprint density at radius 3 is 1.65 bits per heavy atom. The smallest absolute Gasteiger partial charge is 0.410 e. The monoisotopic (exact) mass is 1270 g/mol. The van der Waals surface area contributed by atoms with Gasteiger partial charge in [0, 0.05) is 178 Å². The molecule has 93 heavy (non-hydrogen) atoms. The maximum Gasteiger partial charge on any atom is 0.410 e. The number of urea groups is 1. The predicted octanol–water partition coefficient (Wildman–Crippen LogP) is 3.34. The Bertz CT molecular complexity index is 3700. The van der Waals surface area contributed by atoms with Crippen molar-refractivity contribution in [3.05, 3.63) is 125 Å². The number of hydrogen-bond donors (Lipinski definition) is 6. The van der Waals surface area contributed by atoms with Crippen LogP contribution in [0.5, 0.6) is 0 Å². The van der Waals surface area contributed by atoms with Gasteiger partial charge in [0.05, 0.1) is 0 Å². The van der Waals surface area contributed by atoms with Crippen molar-refractivity contribution in [2.45, 2.75) is 58.2 Å². The van der Waals surface area contributed by atoms with Gasteiger partial charge in [0.2, 0.25) is 17.7 Å². The van der Waals surface area contributed by atoms with E-state index in [-0.39, 0.29) is 83.5 Å². The first-order valence-electron chi connectivity index (χ1n) is 31.7. The largest absolute Gasteiger partial charge is 0.445 e. The fraction of sp³-hybridized carbons (Fsp3) is 0.418. The fourth-order valence-corrected chi connectivity index (χ4v) is 12.4. The zero-order valence-corrected chi connectivity index (χ0v) is 52.9. The highest BCUT2D eigenvalue weighted by Gasteiger charge is 2.37. The Morgan fingerprint density at radius 2 is 1.11 bits per heavy atom. The molecule has 2 atom stereocenters. The van der Waals surface area contributed by atoms with Crippen molar-refractivity contribution in [1.82, 2.24) is 50.7 Å². The van der Waals surface area contributed by atoms with Crippen LogP contribution in [-0.2, 0) is 35.3 Å². The van der Waals surface area contributed by atoms with Crippen LogP contribution >= 0.6 is 0 Å². The molecule has 0 bridgehead atoms. The molecule has 7 N–H and O–H groups in total. The molecule has 5 heterocycles. The standard InChI is InChI=1S/C67H80N14O12/c1-42(2)59(73-54(82)24-29-79-55(83)22-23-56(79)84)61(86)72-51(13-7-26-70-66(68)91)60(85)71-44-16-14-43(15-17-44)41-93-67(92)78(39-40-81-63(88)48-12-6-10-46-53(77-37-33-75(4)34-38-77)21-19-50(58(46)48)65(81)90)28-8-25-69-27-30-80-62(87)47-11-5-9-45-52(76-35-31-74(3)32-36-76)20-18-49(57(45)47)64(80)89/h5-6,9-12,14-23,42,51,59,69H,7-8,13,24-41H2,1-4H3,(H,71,85)(H,72,86)(H,73,82)(H3,68,70,91)/t51-,59?/m0/s1. The second-order valence-electron chi connectivity index (χ2n) is 24.4. The van der Waals surface area contributed by atoms with Crippen molar-refractivity contribution in [2.75, 3.05) is 134 Å². The number of nitrogens with two attached hydrogens (primary N) is 1. The van der Waals surface area contributed by atoms with Crippen molar-refractivity contribution >= 4 is 104 Å². The van der Waals surface area contributed by atoms with E-state index < -0.39 is 71.5 Å². The van der Waals surface area contributed by atoms with Gasteiger partial charge in [-0.05, 0) is 99.9 Å². The first-order valence-corrected chi connectivity index (χ1v) is 31.7. The van der Waals surface area contributed by atoms with Gasteiger partial charge in [0.25, 0.3) is 35.4 Å². The van der Waals surface area contributed by atoms with E-state index in [4.69, 9.17) is 10.5 Å². The summed E-state index contributed by atoms with van der Waals surface area (Å²) in [6.07, 6.45) is 1.88. The van der Waals surface area contributed by atoms with Crippen molar-refractivity contribution in [3.63, 3.8) is 0 Å². The van der Waals surface area contributed by atoms with E-state index in [0.717, 1.165) is 96.5 Å². The molecule has 5 aliphatic rings. The minimum Gasteiger partial charge on any atom is -0.445 e. The number of benzene rings is 5. The fourth-order valence-electron chi connectivity index (χ4n) is 12.4. The molecule has 12 amide bonds. The van der Waals surface area contributed by atoms with E-state index in [9.17, 15) is 52.7 Å². The molecule has 5 aromatic rings. The van der Waals surface area contributed by atoms with Crippen LogP contribution in [0.4, 0.5) is 26.7 Å². The van der Waals surface area contributed by atoms with Gasteiger partial charge in [-0.3, -0.25) is 57.9 Å². The number of nitrogens with zero attached hydrogens (tertiary/aromatic N) is 8. The number of rotatable bonds is 27. The van der Waals surface area contributed by atoms with Crippen LogP contribution in [-0.4, -0.2) is 226 Å². The van der Waals surface area contributed by atoms with Crippen LogP contribution in [0.2, 0.25) is 0 Å². The Morgan fingerprint density at radius 1 is 0.570 bits per heavy atom. The normalized spacial score (nSPS) is 16.6. The summed E-state index contributed by atoms with van der Waals surface area (Å²) in [5.74, 6) is -5.13. The lowest BCUT2D eigenvalue weighted by Crippen LogP contribution is -2.54. The van der Waals surface area contributed by atoms with Crippen LogP contribution in [0.1, 0.15) is 86.5 Å². The lowest BCUT2D eigenvalue weighted by molar-refractivity contribution is -0.137. The zero-order valence-electron chi connectivity index (χ0n) is 52.9. The maximum atomic E-state index is 14.4. The Balaban J connectivity index is 0.776. The van der Waals surface area contributed by atoms with Crippen LogP contribution in [0.25, 0.3) is 21.5 Å². The summed E-state index contributed by atoms with van der Waals surface area (Å²) in [5.41, 5.74) is 9.78. The second-order valence-corrected chi connectivity index (χ2v) is 24.4. The van der Waals surface area contributed by atoms with Gasteiger partial charge in [0.1, 0.15) is 18.7 Å². The van der Waals surface area contributed by atoms with Crippen LogP contribution < -0.4 is 42.1 Å². The predicted molar refractivity (Wildman–Crippen MR) is 348 cm³/mol. The van der Waals surface area contributed by atoms with E-state index in [0.29, 0.717) is 57.2 Å². The highest BCUT2D eigenvalue weighted by Crippen LogP contribution is 2.38. The topological polar surface area (TPSA) is 309 Å². The van der Waals surface area contributed by atoms with Crippen molar-refractivity contribution in [3.8, 4) is 0 Å². The van der Waals surface area contributed by atoms with Crippen LogP contribution in [0.3, 0.4) is 0 Å². The number of piperazine rings is 2. The van der Waals surface area contributed by atoms with E-state index in [1.54, 1.807) is 56.3 Å². The molecule has 5 aliphatic heterocycles. The van der Waals surface area contributed by atoms with Crippen molar-refractivity contribution < 1.29 is 57.5 Å². The first kappa shape index (κ1) is 66.1. The van der Waals surface area contributed by atoms with Gasteiger partial charge in [-0.1, -0.05) is 50.2 Å². The summed E-state index contributed by atoms with van der Waals surface area (Å²) in [4.78, 5) is 161. The van der Waals surface area contributed by atoms with Gasteiger partial charge in [0.15, 0.2) is 0 Å². The van der Waals surface area contributed by atoms with E-state index in [2.05, 4.69) is 60.3 Å². The number of hydrogen-bond acceptors (Lipinski definition) is 17. The lowest BCUT2D eigenvalue weighted by atomic mass is 9.92. The molecule has 2 saturated heterocycles. The maximum absolute atomic E-state index is 14.4. The Labute approximate surface area is 538 Å². The summed E-state index contributed by atoms with van der Waals surface area (Å²) in [6.45, 7) is 10.5. The Kier molecular flexibility index (Phi) is 21.1. The van der Waals surface area contributed by atoms with Gasteiger partial charge < -0.3 is 61.6 Å². The quantitative estimate of drug-likeness (QED) is 0.0324. The summed E-state index contributed by atoms with van der Waals surface area (Å²) in [6, 6.07) is 21.9. The minimum atomic E-state index is -1.16. The number of likely N-dealkylation sites (N-methyl/N-ethyl adjacent to an activating group) is 2. The number of ether oxygens (including phenoxy) is 1. The van der Waals surface area contributed by atoms with Gasteiger partial charge in [-0.2, -0.15) is 0 Å². The number of carbonyl (C=O) groups excluding carboxylic acids is 11. The highest BCUT2D eigenvalue weighted by molar-refractivity contribution is 6.28. The SMILES string of the molecule is CC(C)C(NC(=O)CCN1C(=O)C=CC1=O)C(=O)N[C@@H](CCCNC(N)=O)C(=O)Nc1ccc(COC(=O)N(CCCNCCN2C(=O)c3cccc4c(N5CCN(C)CC5)ccc(c34)C2=O)CCN2C(=O)c3cccc4c(N5CCN(C)CC5)ccc(c34)C2=O)cc1. The number of nitrogens with one attached hydrogen (secondary N) is 5. The van der Waals surface area contributed by atoms with E-state index >= 15 is 0 Å². The molecule has 10 rings (SSSR count). The average molecular weight is 1270 g/mol. The summed E-state index contributed by atoms with van der Waals surface area (Å²) in [7, 11) is 4.17. The van der Waals surface area contributed by atoms with Crippen molar-refractivity contribution in [2.24, 2.45) is 11.7 Å². The van der Waals surface area contributed by atoms with E-state index in [1.165, 1.54) is 9.80 Å². The lowest BCUT2D eigenvalue weighted by Gasteiger charge is -2.36. The van der Waals surface area contributed by atoms with E-state index in [1.807, 2.05) is 42.5 Å². The molecule has 0 aromatic heterocycles. The molecule has 0 spiro atoms. The molecule has 0 aliphatic carbocycles. The molecule has 5 aromatic carbocycles. The molecule has 0 saturated carbocycles. The van der Waals surface area contributed by atoms with Crippen molar-refractivity contribution in [1.29, 1.82) is 0 Å². The highest BCUT2D eigenvalue weighted by atomic mass is 16.6. The first-order chi connectivity index (χ1) is 44.8. The summed E-state index contributed by atoms with van der Waals surface area (Å²) in [5, 5.41) is 16.9. The molecule has 26 heteroatoms. The minimum absolute atomic E-state index is 0.0525. The molecular formula is C67H80N14O12. The van der Waals surface area contributed by atoms with Gasteiger partial charge in [-0.15, -0.1) is 0 Å². The molecule has 490 valence electrons. The summed E-state index contributed by atoms with van der Waals surface area (Å²) >= 11 is 0. The number of anilines is 3. The summed E-state index contributed by atoms with van der Waals surface area (Å²) < 4.78 is 5.88. The third-order valence-corrected chi connectivity index (χ3v) is 17.7. The average Bonchev–Trinajstić information content (AvgIpc) is 1.04. The van der Waals surface area contributed by atoms with Crippen LogP contribution in [0, 0.1) is 5.92 Å². The second kappa shape index (κ2) is 29.7. The number of amides is 12. The number of carbonyl (C=O) groups is 11. The zero-order chi connectivity index (χ0) is 66.0. The molecule has 2 fully saturated rings. The number of imide groups is 3.